The number of nitriles is 1. The molecule has 0 saturated carbocycles. The average molecular weight is 371 g/mol. The highest BCUT2D eigenvalue weighted by molar-refractivity contribution is 6.03. The number of nitrogens with one attached hydrogen (secondary N) is 2. The Hall–Kier alpha value is -3.72. The number of carbonyl (C=O) groups excluding carboxylic acids is 1. The summed E-state index contributed by atoms with van der Waals surface area (Å²) in [6.45, 7) is 6.43. The average Bonchev–Trinajstić information content (AvgIpc) is 2.69. The largest absolute Gasteiger partial charge is 0.324 e. The number of amides is 1. The molecule has 6 heteroatoms. The molecule has 0 atom stereocenters. The van der Waals surface area contributed by atoms with E-state index in [0.29, 0.717) is 17.1 Å². The molecule has 1 heterocycles. The fourth-order valence-electron chi connectivity index (χ4n) is 2.52. The smallest absolute Gasteiger partial charge is 0.258 e. The maximum atomic E-state index is 12.4. The van der Waals surface area contributed by atoms with Crippen molar-refractivity contribution >= 4 is 23.2 Å². The van der Waals surface area contributed by atoms with Crippen molar-refractivity contribution in [2.45, 2.75) is 26.2 Å². The predicted molar refractivity (Wildman–Crippen MR) is 110 cm³/mol. The molecule has 0 bridgehead atoms. The molecule has 0 aliphatic rings. The first-order valence-electron chi connectivity index (χ1n) is 8.86. The van der Waals surface area contributed by atoms with Gasteiger partial charge in [0.15, 0.2) is 0 Å². The Balaban J connectivity index is 1.64. The molecule has 1 amide bonds. The zero-order valence-corrected chi connectivity index (χ0v) is 16.0. The first kappa shape index (κ1) is 19.1. The fraction of sp³-hybridized carbons (Fsp3) is 0.182. The van der Waals surface area contributed by atoms with Crippen molar-refractivity contribution < 1.29 is 4.79 Å². The third-order valence-corrected chi connectivity index (χ3v) is 4.19. The standard InChI is InChI=1S/C22H21N5O/c1-22(2,3)17-6-10-18(11-7-17)26-20(28)16-13-24-21(25-14-16)27-19-8-4-15(12-23)5-9-19/h4-11,13-14H,1-3H3,(H,26,28)(H,24,25,27). The molecule has 0 unspecified atom stereocenters. The zero-order valence-electron chi connectivity index (χ0n) is 16.0. The number of nitrogens with zero attached hydrogens (tertiary/aromatic N) is 3. The van der Waals surface area contributed by atoms with Gasteiger partial charge in [0.2, 0.25) is 5.95 Å². The highest BCUT2D eigenvalue weighted by Gasteiger charge is 2.13. The molecule has 2 N–H and O–H groups in total. The third kappa shape index (κ3) is 4.71. The van der Waals surface area contributed by atoms with E-state index in [9.17, 15) is 4.79 Å². The van der Waals surface area contributed by atoms with Crippen LogP contribution in [0.1, 0.15) is 42.3 Å². The molecule has 0 spiro atoms. The van der Waals surface area contributed by atoms with Crippen LogP contribution >= 0.6 is 0 Å². The molecular formula is C22H21N5O. The number of aromatic nitrogens is 2. The molecule has 0 fully saturated rings. The minimum absolute atomic E-state index is 0.0636. The lowest BCUT2D eigenvalue weighted by atomic mass is 9.87. The second-order valence-corrected chi connectivity index (χ2v) is 7.39. The summed E-state index contributed by atoms with van der Waals surface area (Å²) in [6.07, 6.45) is 2.94. The highest BCUT2D eigenvalue weighted by Crippen LogP contribution is 2.23. The van der Waals surface area contributed by atoms with Gasteiger partial charge in [-0.2, -0.15) is 5.26 Å². The zero-order chi connectivity index (χ0) is 20.1. The minimum atomic E-state index is -0.270. The summed E-state index contributed by atoms with van der Waals surface area (Å²) in [5.41, 5.74) is 3.69. The number of carbonyl (C=O) groups is 1. The number of rotatable bonds is 4. The second-order valence-electron chi connectivity index (χ2n) is 7.39. The van der Waals surface area contributed by atoms with Crippen LogP contribution in [0, 0.1) is 11.3 Å². The van der Waals surface area contributed by atoms with E-state index in [0.717, 1.165) is 11.4 Å². The lowest BCUT2D eigenvalue weighted by molar-refractivity contribution is 0.102. The molecule has 0 aliphatic heterocycles. The summed E-state index contributed by atoms with van der Waals surface area (Å²) in [6, 6.07) is 16.8. The van der Waals surface area contributed by atoms with Gasteiger partial charge in [-0.05, 0) is 47.4 Å². The third-order valence-electron chi connectivity index (χ3n) is 4.19. The lowest BCUT2D eigenvalue weighted by Crippen LogP contribution is -2.14. The van der Waals surface area contributed by atoms with E-state index in [2.05, 4.69) is 47.4 Å². The normalized spacial score (nSPS) is 10.8. The van der Waals surface area contributed by atoms with E-state index in [1.807, 2.05) is 24.3 Å². The Labute approximate surface area is 164 Å². The Morgan fingerprint density at radius 3 is 2.04 bits per heavy atom. The van der Waals surface area contributed by atoms with Gasteiger partial charge in [-0.15, -0.1) is 0 Å². The molecule has 140 valence electrons. The quantitative estimate of drug-likeness (QED) is 0.697. The van der Waals surface area contributed by atoms with Gasteiger partial charge in [-0.1, -0.05) is 32.9 Å². The minimum Gasteiger partial charge on any atom is -0.324 e. The van der Waals surface area contributed by atoms with Crippen LogP contribution in [-0.4, -0.2) is 15.9 Å². The highest BCUT2D eigenvalue weighted by atomic mass is 16.1. The fourth-order valence-corrected chi connectivity index (χ4v) is 2.52. The van der Waals surface area contributed by atoms with Crippen molar-refractivity contribution in [1.29, 1.82) is 5.26 Å². The van der Waals surface area contributed by atoms with Crippen molar-refractivity contribution in [1.82, 2.24) is 9.97 Å². The van der Waals surface area contributed by atoms with Gasteiger partial charge in [-0.3, -0.25) is 4.79 Å². The summed E-state index contributed by atoms with van der Waals surface area (Å²) < 4.78 is 0. The molecular weight excluding hydrogens is 350 g/mol. The molecule has 6 nitrogen and oxygen atoms in total. The first-order valence-corrected chi connectivity index (χ1v) is 8.86. The Morgan fingerprint density at radius 1 is 0.929 bits per heavy atom. The molecule has 0 saturated heterocycles. The van der Waals surface area contributed by atoms with Crippen molar-refractivity contribution in [2.24, 2.45) is 0 Å². The number of benzene rings is 2. The van der Waals surface area contributed by atoms with Gasteiger partial charge < -0.3 is 10.6 Å². The topological polar surface area (TPSA) is 90.7 Å². The molecule has 1 aromatic heterocycles. The number of anilines is 3. The van der Waals surface area contributed by atoms with Crippen LogP contribution in [0.25, 0.3) is 0 Å². The van der Waals surface area contributed by atoms with Gasteiger partial charge in [-0.25, -0.2) is 9.97 Å². The molecule has 0 radical (unpaired) electrons. The van der Waals surface area contributed by atoms with Crippen LogP contribution in [0.2, 0.25) is 0 Å². The van der Waals surface area contributed by atoms with Gasteiger partial charge in [0.1, 0.15) is 0 Å². The van der Waals surface area contributed by atoms with Crippen LogP contribution in [0.3, 0.4) is 0 Å². The van der Waals surface area contributed by atoms with Crippen molar-refractivity contribution in [3.63, 3.8) is 0 Å². The first-order chi connectivity index (χ1) is 13.3. The summed E-state index contributed by atoms with van der Waals surface area (Å²) in [5, 5.41) is 14.7. The lowest BCUT2D eigenvalue weighted by Gasteiger charge is -2.19. The predicted octanol–water partition coefficient (Wildman–Crippen LogP) is 4.64. The molecule has 0 aliphatic carbocycles. The Bertz CT molecular complexity index is 995. The van der Waals surface area contributed by atoms with Crippen LogP contribution < -0.4 is 10.6 Å². The molecule has 2 aromatic carbocycles. The van der Waals surface area contributed by atoms with Crippen molar-refractivity contribution in [2.75, 3.05) is 10.6 Å². The van der Waals surface area contributed by atoms with Gasteiger partial charge in [0, 0.05) is 23.8 Å². The summed E-state index contributed by atoms with van der Waals surface area (Å²) in [7, 11) is 0. The Morgan fingerprint density at radius 2 is 1.50 bits per heavy atom. The van der Waals surface area contributed by atoms with Crippen LogP contribution in [0.4, 0.5) is 17.3 Å². The van der Waals surface area contributed by atoms with Gasteiger partial charge >= 0.3 is 0 Å². The van der Waals surface area contributed by atoms with Crippen molar-refractivity contribution in [3.8, 4) is 6.07 Å². The van der Waals surface area contributed by atoms with E-state index in [-0.39, 0.29) is 11.3 Å². The SMILES string of the molecule is CC(C)(C)c1ccc(NC(=O)c2cnc(Nc3ccc(C#N)cc3)nc2)cc1. The van der Waals surface area contributed by atoms with Crippen molar-refractivity contribution in [3.05, 3.63) is 77.6 Å². The summed E-state index contributed by atoms with van der Waals surface area (Å²) in [5.74, 6) is 0.101. The second kappa shape index (κ2) is 7.89. The van der Waals surface area contributed by atoms with Crippen LogP contribution in [0.5, 0.6) is 0 Å². The van der Waals surface area contributed by atoms with Gasteiger partial charge in [0.25, 0.3) is 5.91 Å². The van der Waals surface area contributed by atoms with E-state index in [1.165, 1.54) is 18.0 Å². The van der Waals surface area contributed by atoms with Crippen LogP contribution in [0.15, 0.2) is 60.9 Å². The molecule has 3 rings (SSSR count). The van der Waals surface area contributed by atoms with E-state index in [1.54, 1.807) is 24.3 Å². The van der Waals surface area contributed by atoms with E-state index in [4.69, 9.17) is 5.26 Å². The monoisotopic (exact) mass is 371 g/mol. The number of hydrogen-bond acceptors (Lipinski definition) is 5. The molecule has 28 heavy (non-hydrogen) atoms. The maximum Gasteiger partial charge on any atom is 0.258 e. The van der Waals surface area contributed by atoms with Crippen LogP contribution in [-0.2, 0) is 5.41 Å². The summed E-state index contributed by atoms with van der Waals surface area (Å²) in [4.78, 5) is 20.7. The summed E-state index contributed by atoms with van der Waals surface area (Å²) >= 11 is 0. The van der Waals surface area contributed by atoms with E-state index >= 15 is 0 Å². The molecule has 3 aromatic rings. The van der Waals surface area contributed by atoms with E-state index < -0.39 is 0 Å². The maximum absolute atomic E-state index is 12.4. The number of hydrogen-bond donors (Lipinski definition) is 2. The Kier molecular flexibility index (Phi) is 5.37. The van der Waals surface area contributed by atoms with Gasteiger partial charge in [0.05, 0.1) is 17.2 Å².